The largest absolute Gasteiger partial charge is 0.465 e. The van der Waals surface area contributed by atoms with Gasteiger partial charge in [-0.25, -0.2) is 23.2 Å². The number of pyridine rings is 1. The summed E-state index contributed by atoms with van der Waals surface area (Å²) in [7, 11) is -1.19. The van der Waals surface area contributed by atoms with Crippen LogP contribution in [0.25, 0.3) is 11.0 Å². The Morgan fingerprint density at radius 2 is 1.94 bits per heavy atom. The summed E-state index contributed by atoms with van der Waals surface area (Å²) in [5.41, 5.74) is 1.98. The van der Waals surface area contributed by atoms with Crippen molar-refractivity contribution in [2.45, 2.75) is 44.9 Å². The maximum atomic E-state index is 13.6. The number of nitrogens with one attached hydrogen (secondary N) is 1. The molecule has 172 valence electrons. The summed E-state index contributed by atoms with van der Waals surface area (Å²) < 4.78 is 35.2. The molecular weight excluding hydrogens is 502 g/mol. The minimum Gasteiger partial charge on any atom is -0.465 e. The van der Waals surface area contributed by atoms with Gasteiger partial charge in [0.05, 0.1) is 23.4 Å². The molecule has 0 aliphatic heterocycles. The van der Waals surface area contributed by atoms with Gasteiger partial charge in [-0.2, -0.15) is 5.10 Å². The van der Waals surface area contributed by atoms with Crippen LogP contribution < -0.4 is 5.32 Å². The lowest BCUT2D eigenvalue weighted by Gasteiger charge is -2.18. The van der Waals surface area contributed by atoms with E-state index in [9.17, 15) is 18.7 Å². The van der Waals surface area contributed by atoms with Crippen molar-refractivity contribution in [2.24, 2.45) is 0 Å². The minimum absolute atomic E-state index is 0.0199. The quantitative estimate of drug-likeness (QED) is 0.290. The number of hydrogen-bond donors (Lipinski definition) is 2. The molecule has 0 spiro atoms. The number of aromatic nitrogens is 3. The van der Waals surface area contributed by atoms with Gasteiger partial charge in [-0.15, -0.1) is 0 Å². The van der Waals surface area contributed by atoms with Crippen LogP contribution in [0.4, 0.5) is 13.6 Å². The number of carbonyl (C=O) groups is 1. The molecule has 0 radical (unpaired) electrons. The summed E-state index contributed by atoms with van der Waals surface area (Å²) in [4.78, 5) is 15.9. The van der Waals surface area contributed by atoms with Crippen molar-refractivity contribution >= 4 is 41.1 Å². The maximum absolute atomic E-state index is 13.6. The molecule has 0 unspecified atom stereocenters. The van der Waals surface area contributed by atoms with Crippen LogP contribution in [0.3, 0.4) is 0 Å². The molecule has 3 aromatic rings. The second-order valence-electron chi connectivity index (χ2n) is 8.74. The first-order valence-corrected chi connectivity index (χ1v) is 14.6. The Bertz CT molecular complexity index is 1100. The van der Waals surface area contributed by atoms with Gasteiger partial charge in [0.25, 0.3) is 0 Å². The van der Waals surface area contributed by atoms with E-state index in [0.717, 1.165) is 17.6 Å². The molecule has 7 nitrogen and oxygen atoms in total. The van der Waals surface area contributed by atoms with Crippen LogP contribution >= 0.6 is 15.9 Å². The number of rotatable bonds is 9. The van der Waals surface area contributed by atoms with E-state index in [-0.39, 0.29) is 13.2 Å². The molecule has 2 heterocycles. The number of halogens is 3. The third-order valence-corrected chi connectivity index (χ3v) is 7.15. The fourth-order valence-electron chi connectivity index (χ4n) is 3.20. The predicted octanol–water partition coefficient (Wildman–Crippen LogP) is 5.34. The highest BCUT2D eigenvalue weighted by atomic mass is 79.9. The highest BCUT2D eigenvalue weighted by Crippen LogP contribution is 2.29. The SMILES string of the molecule is C[Si](C)(C)CCOCn1ncc2nc([C@H](Cc3cc(F)cc(F)c3)NC(=O)O)c(Br)cc21. The molecule has 0 aliphatic rings. The number of nitrogens with zero attached hydrogens (tertiary/aromatic N) is 3. The molecule has 11 heteroatoms. The Morgan fingerprint density at radius 1 is 1.25 bits per heavy atom. The van der Waals surface area contributed by atoms with Crippen LogP contribution in [-0.4, -0.2) is 40.6 Å². The molecule has 0 fully saturated rings. The molecule has 1 atom stereocenters. The van der Waals surface area contributed by atoms with Crippen molar-refractivity contribution in [3.05, 3.63) is 57.8 Å². The summed E-state index contributed by atoms with van der Waals surface area (Å²) in [6, 6.07) is 5.10. The van der Waals surface area contributed by atoms with Gasteiger partial charge in [0, 0.05) is 25.2 Å². The third-order valence-electron chi connectivity index (χ3n) is 4.81. The summed E-state index contributed by atoms with van der Waals surface area (Å²) in [6.45, 7) is 7.77. The van der Waals surface area contributed by atoms with Gasteiger partial charge >= 0.3 is 6.09 Å². The molecule has 0 saturated heterocycles. The number of fused-ring (bicyclic) bond motifs is 1. The van der Waals surface area contributed by atoms with E-state index in [4.69, 9.17) is 4.74 Å². The third kappa shape index (κ3) is 6.56. The highest BCUT2D eigenvalue weighted by Gasteiger charge is 2.22. The lowest BCUT2D eigenvalue weighted by atomic mass is 10.0. The van der Waals surface area contributed by atoms with Crippen molar-refractivity contribution in [1.29, 1.82) is 0 Å². The van der Waals surface area contributed by atoms with Gasteiger partial charge in [0.1, 0.15) is 23.9 Å². The van der Waals surface area contributed by atoms with E-state index < -0.39 is 31.8 Å². The summed E-state index contributed by atoms with van der Waals surface area (Å²) in [5.74, 6) is -1.46. The minimum atomic E-state index is -1.27. The molecule has 0 saturated carbocycles. The van der Waals surface area contributed by atoms with E-state index in [1.807, 2.05) is 0 Å². The van der Waals surface area contributed by atoms with Crippen molar-refractivity contribution in [3.63, 3.8) is 0 Å². The van der Waals surface area contributed by atoms with Crippen molar-refractivity contribution < 1.29 is 23.4 Å². The van der Waals surface area contributed by atoms with Crippen molar-refractivity contribution in [1.82, 2.24) is 20.1 Å². The normalized spacial score (nSPS) is 12.8. The number of amides is 1. The zero-order chi connectivity index (χ0) is 23.5. The van der Waals surface area contributed by atoms with Gasteiger partial charge in [-0.05, 0) is 52.2 Å². The van der Waals surface area contributed by atoms with E-state index in [1.54, 1.807) is 16.9 Å². The average molecular weight is 527 g/mol. The molecule has 0 bridgehead atoms. The molecule has 1 aromatic carbocycles. The first-order valence-electron chi connectivity index (χ1n) is 10.1. The van der Waals surface area contributed by atoms with Crippen LogP contribution in [-0.2, 0) is 17.9 Å². The van der Waals surface area contributed by atoms with Crippen LogP contribution in [0.2, 0.25) is 25.7 Å². The zero-order valence-electron chi connectivity index (χ0n) is 18.0. The lowest BCUT2D eigenvalue weighted by Crippen LogP contribution is -2.29. The van der Waals surface area contributed by atoms with E-state index in [2.05, 4.69) is 51.0 Å². The Morgan fingerprint density at radius 3 is 2.56 bits per heavy atom. The Hall–Kier alpha value is -2.37. The second-order valence-corrected chi connectivity index (χ2v) is 15.2. The molecule has 2 aromatic heterocycles. The predicted molar refractivity (Wildman–Crippen MR) is 123 cm³/mol. The molecule has 32 heavy (non-hydrogen) atoms. The number of benzene rings is 1. The summed E-state index contributed by atoms with van der Waals surface area (Å²) in [6.07, 6.45) is 0.325. The fourth-order valence-corrected chi connectivity index (χ4v) is 4.54. The topological polar surface area (TPSA) is 89.3 Å². The number of carboxylic acid groups (broad SMARTS) is 1. The van der Waals surface area contributed by atoms with E-state index in [0.29, 0.717) is 27.9 Å². The van der Waals surface area contributed by atoms with Crippen LogP contribution in [0.1, 0.15) is 17.3 Å². The van der Waals surface area contributed by atoms with Crippen LogP contribution in [0, 0.1) is 11.6 Å². The first-order chi connectivity index (χ1) is 15.0. The molecule has 2 N–H and O–H groups in total. The standard InChI is InChI=1S/C21H25BrF2N4O3Si/c1-32(2,3)5-4-31-12-28-19-10-16(22)20(26-18(19)11-25-28)17(27-21(29)30)8-13-6-14(23)9-15(24)7-13/h6-7,9-11,17,27H,4-5,8,12H2,1-3H3,(H,29,30)/t17-/m0/s1. The van der Waals surface area contributed by atoms with Gasteiger partial charge in [0.2, 0.25) is 0 Å². The van der Waals surface area contributed by atoms with Crippen molar-refractivity contribution in [3.8, 4) is 0 Å². The molecule has 0 aliphatic carbocycles. The van der Waals surface area contributed by atoms with Crippen LogP contribution in [0.15, 0.2) is 34.9 Å². The monoisotopic (exact) mass is 526 g/mol. The van der Waals surface area contributed by atoms with E-state index in [1.165, 1.54) is 12.1 Å². The Kier molecular flexibility index (Phi) is 7.62. The first kappa shape index (κ1) is 24.3. The van der Waals surface area contributed by atoms with Gasteiger partial charge < -0.3 is 15.2 Å². The highest BCUT2D eigenvalue weighted by molar-refractivity contribution is 9.10. The maximum Gasteiger partial charge on any atom is 0.405 e. The Labute approximate surface area is 193 Å². The number of hydrogen-bond acceptors (Lipinski definition) is 4. The van der Waals surface area contributed by atoms with E-state index >= 15 is 0 Å². The smallest absolute Gasteiger partial charge is 0.405 e. The van der Waals surface area contributed by atoms with Gasteiger partial charge in [-0.3, -0.25) is 0 Å². The second kappa shape index (κ2) is 10.0. The molecule has 1 amide bonds. The van der Waals surface area contributed by atoms with Crippen molar-refractivity contribution in [2.75, 3.05) is 6.61 Å². The van der Waals surface area contributed by atoms with Gasteiger partial charge in [0.15, 0.2) is 0 Å². The van der Waals surface area contributed by atoms with Gasteiger partial charge in [-0.1, -0.05) is 19.6 Å². The number of ether oxygens (including phenoxy) is 1. The summed E-state index contributed by atoms with van der Waals surface area (Å²) >= 11 is 3.46. The van der Waals surface area contributed by atoms with Crippen LogP contribution in [0.5, 0.6) is 0 Å². The Balaban J connectivity index is 1.85. The summed E-state index contributed by atoms with van der Waals surface area (Å²) in [5, 5.41) is 16.0. The molecular formula is C21H25BrF2N4O3Si. The fraction of sp³-hybridized carbons (Fsp3) is 0.381. The molecule has 3 rings (SSSR count). The average Bonchev–Trinajstić information content (AvgIpc) is 3.04. The lowest BCUT2D eigenvalue weighted by molar-refractivity contribution is 0.0817. The zero-order valence-corrected chi connectivity index (χ0v) is 20.6.